The van der Waals surface area contributed by atoms with E-state index in [1.165, 1.54) is 0 Å². The highest BCUT2D eigenvalue weighted by atomic mass is 35.5. The topological polar surface area (TPSA) is 67.4 Å². The molecule has 0 bridgehead atoms. The van der Waals surface area contributed by atoms with Gasteiger partial charge in [-0.15, -0.1) is 0 Å². The van der Waals surface area contributed by atoms with Gasteiger partial charge in [-0.2, -0.15) is 10.4 Å². The van der Waals surface area contributed by atoms with E-state index in [1.54, 1.807) is 23.1 Å². The predicted octanol–water partition coefficient (Wildman–Crippen LogP) is 2.71. The van der Waals surface area contributed by atoms with Crippen LogP contribution < -0.4 is 0 Å². The van der Waals surface area contributed by atoms with Crippen LogP contribution in [-0.2, 0) is 6.54 Å². The van der Waals surface area contributed by atoms with E-state index >= 15 is 0 Å². The van der Waals surface area contributed by atoms with Crippen molar-refractivity contribution in [3.05, 3.63) is 52.7 Å². The molecule has 0 amide bonds. The highest BCUT2D eigenvalue weighted by Gasteiger charge is 2.13. The summed E-state index contributed by atoms with van der Waals surface area (Å²) in [6, 6.07) is 7.53. The lowest BCUT2D eigenvalue weighted by molar-refractivity contribution is 0.702. The first-order valence-electron chi connectivity index (χ1n) is 6.01. The number of hydrogen-bond donors (Lipinski definition) is 0. The van der Waals surface area contributed by atoms with Crippen molar-refractivity contribution in [3.63, 3.8) is 0 Å². The summed E-state index contributed by atoms with van der Waals surface area (Å²) in [5, 5.41) is 14.8. The summed E-state index contributed by atoms with van der Waals surface area (Å²) in [7, 11) is 0. The van der Waals surface area contributed by atoms with Gasteiger partial charge in [0.2, 0.25) is 0 Å². The summed E-state index contributed by atoms with van der Waals surface area (Å²) in [6.07, 6.45) is 3.50. The molecule has 0 saturated heterocycles. The Morgan fingerprint density at radius 1 is 1.30 bits per heavy atom. The van der Waals surface area contributed by atoms with E-state index < -0.39 is 0 Å². The number of nitrogens with zero attached hydrogens (tertiary/aromatic N) is 5. The van der Waals surface area contributed by atoms with Crippen LogP contribution in [0.15, 0.2) is 30.6 Å². The van der Waals surface area contributed by atoms with Gasteiger partial charge >= 0.3 is 0 Å². The second-order valence-corrected chi connectivity index (χ2v) is 4.80. The second-order valence-electron chi connectivity index (χ2n) is 4.39. The lowest BCUT2D eigenvalue weighted by atomic mass is 10.2. The van der Waals surface area contributed by atoms with Crippen molar-refractivity contribution in [1.82, 2.24) is 19.7 Å². The fourth-order valence-corrected chi connectivity index (χ4v) is 2.34. The predicted molar refractivity (Wildman–Crippen MR) is 75.3 cm³/mol. The maximum Gasteiger partial charge on any atom is 0.170 e. The number of fused-ring (bicyclic) bond motifs is 1. The number of hydrogen-bond acceptors (Lipinski definition) is 4. The fourth-order valence-electron chi connectivity index (χ4n) is 2.06. The largest absolute Gasteiger partial charge is 0.257 e. The minimum absolute atomic E-state index is 0.371. The summed E-state index contributed by atoms with van der Waals surface area (Å²) in [4.78, 5) is 8.31. The molecule has 3 aromatic rings. The highest BCUT2D eigenvalue weighted by Crippen LogP contribution is 2.26. The van der Waals surface area contributed by atoms with Crippen molar-refractivity contribution in [2.24, 2.45) is 0 Å². The molecule has 2 aromatic heterocycles. The summed E-state index contributed by atoms with van der Waals surface area (Å²) in [6.45, 7) is 2.31. The average Bonchev–Trinajstić information content (AvgIpc) is 2.81. The third-order valence-corrected chi connectivity index (χ3v) is 3.30. The van der Waals surface area contributed by atoms with Crippen LogP contribution >= 0.6 is 11.6 Å². The molecule has 0 aliphatic heterocycles. The number of aromatic nitrogens is 4. The van der Waals surface area contributed by atoms with Gasteiger partial charge in [-0.25, -0.2) is 9.97 Å². The lowest BCUT2D eigenvalue weighted by Crippen LogP contribution is -2.03. The molecule has 0 atom stereocenters. The minimum Gasteiger partial charge on any atom is -0.257 e. The SMILES string of the molecule is Cc1ncc(Cn2nc(C#N)c3cccc(Cl)c32)cn1. The zero-order valence-corrected chi connectivity index (χ0v) is 11.5. The third-order valence-electron chi connectivity index (χ3n) is 2.99. The molecule has 6 heteroatoms. The van der Waals surface area contributed by atoms with Crippen LogP contribution in [0.4, 0.5) is 0 Å². The zero-order chi connectivity index (χ0) is 14.1. The van der Waals surface area contributed by atoms with Gasteiger partial charge in [0, 0.05) is 23.3 Å². The molecule has 0 aliphatic rings. The molecule has 1 aromatic carbocycles. The molecule has 0 radical (unpaired) electrons. The Bertz CT molecular complexity index is 814. The van der Waals surface area contributed by atoms with Gasteiger partial charge in [-0.3, -0.25) is 4.68 Å². The molecule has 0 unspecified atom stereocenters. The molecule has 98 valence electrons. The Balaban J connectivity index is 2.12. The van der Waals surface area contributed by atoms with Crippen LogP contribution in [0.25, 0.3) is 10.9 Å². The molecule has 0 N–H and O–H groups in total. The molecule has 20 heavy (non-hydrogen) atoms. The first-order chi connectivity index (χ1) is 9.69. The third kappa shape index (κ3) is 2.10. The van der Waals surface area contributed by atoms with Crippen molar-refractivity contribution in [1.29, 1.82) is 5.26 Å². The van der Waals surface area contributed by atoms with Gasteiger partial charge in [-0.05, 0) is 19.1 Å². The van der Waals surface area contributed by atoms with Crippen molar-refractivity contribution in [2.75, 3.05) is 0 Å². The van der Waals surface area contributed by atoms with Gasteiger partial charge in [0.05, 0.1) is 17.1 Å². The Hall–Kier alpha value is -2.45. The zero-order valence-electron chi connectivity index (χ0n) is 10.7. The van der Waals surface area contributed by atoms with Crippen LogP contribution in [-0.4, -0.2) is 19.7 Å². The van der Waals surface area contributed by atoms with Crippen LogP contribution in [0.3, 0.4) is 0 Å². The van der Waals surface area contributed by atoms with E-state index in [2.05, 4.69) is 21.1 Å². The number of benzene rings is 1. The van der Waals surface area contributed by atoms with E-state index in [1.807, 2.05) is 19.1 Å². The van der Waals surface area contributed by atoms with Gasteiger partial charge in [0.1, 0.15) is 11.9 Å². The highest BCUT2D eigenvalue weighted by molar-refractivity contribution is 6.35. The molecule has 0 saturated carbocycles. The van der Waals surface area contributed by atoms with Crippen LogP contribution in [0, 0.1) is 18.3 Å². The van der Waals surface area contributed by atoms with Crippen molar-refractivity contribution < 1.29 is 0 Å². The molecular weight excluding hydrogens is 274 g/mol. The summed E-state index contributed by atoms with van der Waals surface area (Å²) >= 11 is 6.22. The number of halogens is 1. The number of rotatable bonds is 2. The van der Waals surface area contributed by atoms with Gasteiger partial charge in [0.15, 0.2) is 5.69 Å². The summed E-state index contributed by atoms with van der Waals surface area (Å²) < 4.78 is 1.71. The van der Waals surface area contributed by atoms with Crippen LogP contribution in [0.1, 0.15) is 17.1 Å². The summed E-state index contributed by atoms with van der Waals surface area (Å²) in [5.41, 5.74) is 2.03. The maximum absolute atomic E-state index is 9.15. The maximum atomic E-state index is 9.15. The van der Waals surface area contributed by atoms with Crippen molar-refractivity contribution >= 4 is 22.5 Å². The van der Waals surface area contributed by atoms with E-state index in [0.717, 1.165) is 22.3 Å². The number of aryl methyl sites for hydroxylation is 1. The quantitative estimate of drug-likeness (QED) is 0.725. The van der Waals surface area contributed by atoms with E-state index in [9.17, 15) is 0 Å². The van der Waals surface area contributed by atoms with Gasteiger partial charge < -0.3 is 0 Å². The first kappa shape index (κ1) is 12.6. The molecule has 0 spiro atoms. The van der Waals surface area contributed by atoms with Gasteiger partial charge in [0.25, 0.3) is 0 Å². The molecule has 0 aliphatic carbocycles. The molecular formula is C14H10ClN5. The Labute approximate surface area is 120 Å². The monoisotopic (exact) mass is 283 g/mol. The van der Waals surface area contributed by atoms with Crippen molar-refractivity contribution in [2.45, 2.75) is 13.5 Å². The van der Waals surface area contributed by atoms with E-state index in [4.69, 9.17) is 16.9 Å². The first-order valence-corrected chi connectivity index (χ1v) is 6.39. The number of nitriles is 1. The Kier molecular flexibility index (Phi) is 3.09. The Morgan fingerprint density at radius 2 is 2.05 bits per heavy atom. The lowest BCUT2D eigenvalue weighted by Gasteiger charge is -2.04. The second kappa shape index (κ2) is 4.91. The standard InChI is InChI=1S/C14H10ClN5/c1-9-17-6-10(7-18-9)8-20-14-11(13(5-16)19-20)3-2-4-12(14)15/h2-4,6-7H,8H2,1H3. The van der Waals surface area contributed by atoms with E-state index in [0.29, 0.717) is 17.3 Å². The van der Waals surface area contributed by atoms with Crippen LogP contribution in [0.5, 0.6) is 0 Å². The fraction of sp³-hybridized carbons (Fsp3) is 0.143. The normalized spacial score (nSPS) is 10.7. The van der Waals surface area contributed by atoms with Crippen molar-refractivity contribution in [3.8, 4) is 6.07 Å². The molecule has 3 rings (SSSR count). The smallest absolute Gasteiger partial charge is 0.170 e. The Morgan fingerprint density at radius 3 is 2.75 bits per heavy atom. The number of para-hydroxylation sites is 1. The minimum atomic E-state index is 0.371. The van der Waals surface area contributed by atoms with Gasteiger partial charge in [-0.1, -0.05) is 17.7 Å². The van der Waals surface area contributed by atoms with E-state index in [-0.39, 0.29) is 0 Å². The molecule has 0 fully saturated rings. The summed E-state index contributed by atoms with van der Waals surface area (Å²) in [5.74, 6) is 0.717. The molecule has 5 nitrogen and oxygen atoms in total. The molecule has 2 heterocycles. The van der Waals surface area contributed by atoms with Crippen LogP contribution in [0.2, 0.25) is 5.02 Å². The average molecular weight is 284 g/mol.